The quantitative estimate of drug-likeness (QED) is 0.494. The zero-order valence-electron chi connectivity index (χ0n) is 13.7. The number of hydrogen-bond acceptors (Lipinski definition) is 3. The third-order valence-electron chi connectivity index (χ3n) is 3.62. The van der Waals surface area contributed by atoms with Crippen molar-refractivity contribution in [3.63, 3.8) is 0 Å². The molecule has 0 saturated carbocycles. The lowest BCUT2D eigenvalue weighted by Crippen LogP contribution is -2.12. The Morgan fingerprint density at radius 1 is 0.962 bits per heavy atom. The van der Waals surface area contributed by atoms with Gasteiger partial charge in [-0.05, 0) is 48.0 Å². The first kappa shape index (κ1) is 17.5. The summed E-state index contributed by atoms with van der Waals surface area (Å²) in [6.45, 7) is 0. The molecule has 0 N–H and O–H groups in total. The minimum absolute atomic E-state index is 0.356. The van der Waals surface area contributed by atoms with Gasteiger partial charge in [-0.3, -0.25) is 4.98 Å². The zero-order valence-corrected chi connectivity index (χ0v) is 13.7. The maximum Gasteiger partial charge on any atom is 0.331 e. The molecule has 1 heterocycles. The van der Waals surface area contributed by atoms with Gasteiger partial charge in [0.15, 0.2) is 6.10 Å². The van der Waals surface area contributed by atoms with E-state index in [1.807, 2.05) is 0 Å². The van der Waals surface area contributed by atoms with Crippen LogP contribution in [0.15, 0.2) is 79.0 Å². The van der Waals surface area contributed by atoms with Crippen LogP contribution in [-0.4, -0.2) is 11.0 Å². The summed E-state index contributed by atoms with van der Waals surface area (Å²) in [6.07, 6.45) is 3.49. The van der Waals surface area contributed by atoms with Crippen molar-refractivity contribution in [2.45, 2.75) is 6.10 Å². The van der Waals surface area contributed by atoms with E-state index in [4.69, 9.17) is 4.74 Å². The smallest absolute Gasteiger partial charge is 0.331 e. The molecule has 0 aliphatic carbocycles. The van der Waals surface area contributed by atoms with Gasteiger partial charge in [-0.15, -0.1) is 0 Å². The molecule has 0 bridgehead atoms. The molecular weight excluding hydrogens is 336 g/mol. The van der Waals surface area contributed by atoms with Crippen LogP contribution in [0, 0.1) is 11.6 Å². The topological polar surface area (TPSA) is 39.2 Å². The van der Waals surface area contributed by atoms with Gasteiger partial charge in [-0.2, -0.15) is 0 Å². The predicted molar refractivity (Wildman–Crippen MR) is 94.0 cm³/mol. The average molecular weight is 351 g/mol. The van der Waals surface area contributed by atoms with Crippen molar-refractivity contribution in [1.82, 2.24) is 4.98 Å². The van der Waals surface area contributed by atoms with E-state index in [2.05, 4.69) is 4.98 Å². The van der Waals surface area contributed by atoms with Crippen LogP contribution in [0.3, 0.4) is 0 Å². The van der Waals surface area contributed by atoms with E-state index in [9.17, 15) is 13.6 Å². The lowest BCUT2D eigenvalue weighted by molar-refractivity contribution is -0.141. The maximum atomic E-state index is 13.6. The number of benzene rings is 2. The Bertz CT molecular complexity index is 909. The second-order valence-electron chi connectivity index (χ2n) is 5.51. The van der Waals surface area contributed by atoms with E-state index in [0.717, 1.165) is 0 Å². The summed E-state index contributed by atoms with van der Waals surface area (Å²) in [5.41, 5.74) is 1.62. The van der Waals surface area contributed by atoms with Crippen LogP contribution in [0.5, 0.6) is 0 Å². The van der Waals surface area contributed by atoms with Crippen LogP contribution in [0.25, 0.3) is 6.08 Å². The Morgan fingerprint density at radius 3 is 2.46 bits per heavy atom. The first-order valence-corrected chi connectivity index (χ1v) is 7.92. The van der Waals surface area contributed by atoms with E-state index in [1.165, 1.54) is 36.4 Å². The Morgan fingerprint density at radius 2 is 1.77 bits per heavy atom. The minimum atomic E-state index is -0.836. The van der Waals surface area contributed by atoms with Gasteiger partial charge < -0.3 is 4.74 Å². The van der Waals surface area contributed by atoms with Gasteiger partial charge >= 0.3 is 5.97 Å². The van der Waals surface area contributed by atoms with Gasteiger partial charge in [0.2, 0.25) is 0 Å². The molecule has 0 amide bonds. The fraction of sp³-hybridized carbons (Fsp3) is 0.0476. The average Bonchev–Trinajstić information content (AvgIpc) is 2.66. The highest BCUT2D eigenvalue weighted by Crippen LogP contribution is 2.25. The summed E-state index contributed by atoms with van der Waals surface area (Å²) in [5.74, 6) is -1.40. The van der Waals surface area contributed by atoms with Gasteiger partial charge in [-0.25, -0.2) is 13.6 Å². The summed E-state index contributed by atoms with van der Waals surface area (Å²) < 4.78 is 32.0. The summed E-state index contributed by atoms with van der Waals surface area (Å²) in [5, 5.41) is 0. The molecule has 1 unspecified atom stereocenters. The van der Waals surface area contributed by atoms with Crippen LogP contribution >= 0.6 is 0 Å². The standard InChI is InChI=1S/C21H15F2NO2/c22-17-10-7-15(8-11-17)9-12-20(25)26-21(19-6-1-2-13-24-19)16-4-3-5-18(23)14-16/h1-14,21H. The van der Waals surface area contributed by atoms with Crippen molar-refractivity contribution in [3.8, 4) is 0 Å². The van der Waals surface area contributed by atoms with E-state index in [0.29, 0.717) is 16.8 Å². The fourth-order valence-electron chi connectivity index (χ4n) is 2.39. The van der Waals surface area contributed by atoms with Crippen LogP contribution < -0.4 is 0 Å². The molecule has 1 atom stereocenters. The SMILES string of the molecule is O=C(C=Cc1ccc(F)cc1)OC(c1cccc(F)c1)c1ccccn1. The van der Waals surface area contributed by atoms with Crippen LogP contribution in [0.1, 0.15) is 22.9 Å². The monoisotopic (exact) mass is 351 g/mol. The van der Waals surface area contributed by atoms with Gasteiger partial charge in [-0.1, -0.05) is 30.3 Å². The molecule has 130 valence electrons. The number of halogens is 2. The number of esters is 1. The lowest BCUT2D eigenvalue weighted by Gasteiger charge is -2.17. The van der Waals surface area contributed by atoms with Crippen LogP contribution in [0.4, 0.5) is 8.78 Å². The van der Waals surface area contributed by atoms with Crippen molar-refractivity contribution < 1.29 is 18.3 Å². The second kappa shape index (κ2) is 8.16. The predicted octanol–water partition coefficient (Wildman–Crippen LogP) is 4.71. The maximum absolute atomic E-state index is 13.6. The minimum Gasteiger partial charge on any atom is -0.448 e. The van der Waals surface area contributed by atoms with Gasteiger partial charge in [0.05, 0.1) is 5.69 Å². The number of carbonyl (C=O) groups is 1. The van der Waals surface area contributed by atoms with Crippen LogP contribution in [-0.2, 0) is 9.53 Å². The van der Waals surface area contributed by atoms with Gasteiger partial charge in [0.1, 0.15) is 11.6 Å². The lowest BCUT2D eigenvalue weighted by atomic mass is 10.1. The molecule has 0 saturated heterocycles. The van der Waals surface area contributed by atoms with Gasteiger partial charge in [0, 0.05) is 17.8 Å². The van der Waals surface area contributed by atoms with E-state index >= 15 is 0 Å². The summed E-state index contributed by atoms with van der Waals surface area (Å²) >= 11 is 0. The zero-order chi connectivity index (χ0) is 18.4. The molecule has 0 aliphatic rings. The van der Waals surface area contributed by atoms with E-state index in [-0.39, 0.29) is 5.82 Å². The number of aromatic nitrogens is 1. The molecule has 3 aromatic rings. The molecule has 0 spiro atoms. The van der Waals surface area contributed by atoms with Crippen molar-refractivity contribution in [2.24, 2.45) is 0 Å². The fourth-order valence-corrected chi connectivity index (χ4v) is 2.39. The van der Waals surface area contributed by atoms with Gasteiger partial charge in [0.25, 0.3) is 0 Å². The van der Waals surface area contributed by atoms with Crippen molar-refractivity contribution in [2.75, 3.05) is 0 Å². The summed E-state index contributed by atoms with van der Waals surface area (Å²) in [4.78, 5) is 16.4. The number of hydrogen-bond donors (Lipinski definition) is 0. The van der Waals surface area contributed by atoms with E-state index < -0.39 is 17.9 Å². The number of pyridine rings is 1. The largest absolute Gasteiger partial charge is 0.448 e. The number of nitrogens with zero attached hydrogens (tertiary/aromatic N) is 1. The molecule has 3 nitrogen and oxygen atoms in total. The highest BCUT2D eigenvalue weighted by atomic mass is 19.1. The highest BCUT2D eigenvalue weighted by molar-refractivity contribution is 5.87. The Kier molecular flexibility index (Phi) is 5.49. The molecule has 0 aliphatic heterocycles. The molecule has 1 aromatic heterocycles. The third-order valence-corrected chi connectivity index (χ3v) is 3.62. The van der Waals surface area contributed by atoms with E-state index in [1.54, 1.807) is 48.7 Å². The molecule has 3 rings (SSSR count). The highest BCUT2D eigenvalue weighted by Gasteiger charge is 2.19. The summed E-state index contributed by atoms with van der Waals surface area (Å²) in [6, 6.07) is 16.7. The normalized spacial score (nSPS) is 12.1. The number of rotatable bonds is 5. The molecule has 0 radical (unpaired) electrons. The first-order valence-electron chi connectivity index (χ1n) is 7.92. The molecule has 5 heteroatoms. The number of carbonyl (C=O) groups excluding carboxylic acids is 1. The summed E-state index contributed by atoms with van der Waals surface area (Å²) in [7, 11) is 0. The third kappa shape index (κ3) is 4.60. The Labute approximate surface area is 149 Å². The second-order valence-corrected chi connectivity index (χ2v) is 5.51. The first-order chi connectivity index (χ1) is 12.6. The Balaban J connectivity index is 1.81. The molecule has 0 fully saturated rings. The number of ether oxygens (including phenoxy) is 1. The van der Waals surface area contributed by atoms with Crippen molar-refractivity contribution in [1.29, 1.82) is 0 Å². The van der Waals surface area contributed by atoms with Crippen molar-refractivity contribution >= 4 is 12.0 Å². The van der Waals surface area contributed by atoms with Crippen molar-refractivity contribution in [3.05, 3.63) is 107 Å². The molecule has 26 heavy (non-hydrogen) atoms. The molecular formula is C21H15F2NO2. The Hall–Kier alpha value is -3.34. The van der Waals surface area contributed by atoms with Crippen LogP contribution in [0.2, 0.25) is 0 Å². The molecule has 2 aromatic carbocycles.